The molecule has 6 nitrogen and oxygen atoms in total. The number of methoxy groups -OCH3 is 2. The van der Waals surface area contributed by atoms with E-state index in [2.05, 4.69) is 9.80 Å². The van der Waals surface area contributed by atoms with Crippen LogP contribution in [0.3, 0.4) is 0 Å². The van der Waals surface area contributed by atoms with Gasteiger partial charge in [-0.1, -0.05) is 12.1 Å². The van der Waals surface area contributed by atoms with Crippen molar-refractivity contribution in [3.63, 3.8) is 0 Å². The highest BCUT2D eigenvalue weighted by molar-refractivity contribution is 5.89. The summed E-state index contributed by atoms with van der Waals surface area (Å²) in [6, 6.07) is 10.4. The van der Waals surface area contributed by atoms with Crippen LogP contribution in [0.4, 0.5) is 10.1 Å². The van der Waals surface area contributed by atoms with Crippen molar-refractivity contribution in [3.05, 3.63) is 63.8 Å². The Balaban J connectivity index is 1.48. The second-order valence-corrected chi connectivity index (χ2v) is 7.73. The normalized spacial score (nSPS) is 14.8. The molecular weight excluding hydrogens is 399 g/mol. The summed E-state index contributed by atoms with van der Waals surface area (Å²) in [5, 5.41) is 0.794. The summed E-state index contributed by atoms with van der Waals surface area (Å²) in [6.45, 7) is 5.79. The number of para-hydroxylation sites is 1. The highest BCUT2D eigenvalue weighted by Gasteiger charge is 2.21. The van der Waals surface area contributed by atoms with Gasteiger partial charge < -0.3 is 18.8 Å². The SMILES string of the molecule is COc1cc(OC)c2c(C)c(CCN3CCN(c4ccccc4F)CC3)c(=O)oc2c1. The fraction of sp³-hybridized carbons (Fsp3) is 0.375. The molecule has 2 heterocycles. The van der Waals surface area contributed by atoms with E-state index in [0.717, 1.165) is 43.7 Å². The Bertz CT molecular complexity index is 1140. The molecule has 7 heteroatoms. The minimum Gasteiger partial charge on any atom is -0.496 e. The van der Waals surface area contributed by atoms with Crippen molar-refractivity contribution in [2.45, 2.75) is 13.3 Å². The van der Waals surface area contributed by atoms with Crippen LogP contribution in [0.2, 0.25) is 0 Å². The number of fused-ring (bicyclic) bond motifs is 1. The Hall–Kier alpha value is -3.06. The van der Waals surface area contributed by atoms with E-state index in [9.17, 15) is 9.18 Å². The van der Waals surface area contributed by atoms with Gasteiger partial charge in [-0.3, -0.25) is 4.90 Å². The first-order valence-electron chi connectivity index (χ1n) is 10.4. The summed E-state index contributed by atoms with van der Waals surface area (Å²) < 4.78 is 30.4. The molecule has 0 N–H and O–H groups in total. The number of hydrogen-bond acceptors (Lipinski definition) is 6. The number of nitrogens with zero attached hydrogens (tertiary/aromatic N) is 2. The molecule has 164 valence electrons. The van der Waals surface area contributed by atoms with E-state index in [4.69, 9.17) is 13.9 Å². The Morgan fingerprint density at radius 3 is 2.48 bits per heavy atom. The number of benzene rings is 2. The van der Waals surface area contributed by atoms with Gasteiger partial charge in [-0.15, -0.1) is 0 Å². The highest BCUT2D eigenvalue weighted by atomic mass is 19.1. The number of rotatable bonds is 6. The minimum absolute atomic E-state index is 0.189. The third-order valence-electron chi connectivity index (χ3n) is 6.02. The molecule has 0 amide bonds. The first-order chi connectivity index (χ1) is 15.0. The van der Waals surface area contributed by atoms with E-state index >= 15 is 0 Å². The van der Waals surface area contributed by atoms with Crippen molar-refractivity contribution in [1.82, 2.24) is 4.90 Å². The van der Waals surface area contributed by atoms with Crippen LogP contribution in [0.1, 0.15) is 11.1 Å². The van der Waals surface area contributed by atoms with Gasteiger partial charge in [0.2, 0.25) is 0 Å². The van der Waals surface area contributed by atoms with E-state index in [1.54, 1.807) is 32.4 Å². The smallest absolute Gasteiger partial charge is 0.339 e. The van der Waals surface area contributed by atoms with Crippen molar-refractivity contribution in [2.75, 3.05) is 51.8 Å². The summed E-state index contributed by atoms with van der Waals surface area (Å²) in [5.74, 6) is 1.01. The van der Waals surface area contributed by atoms with E-state index in [1.807, 2.05) is 19.1 Å². The molecule has 1 aromatic heterocycles. The summed E-state index contributed by atoms with van der Waals surface area (Å²) >= 11 is 0. The van der Waals surface area contributed by atoms with Crippen LogP contribution in [0.5, 0.6) is 11.5 Å². The lowest BCUT2D eigenvalue weighted by molar-refractivity contribution is 0.259. The van der Waals surface area contributed by atoms with Crippen LogP contribution in [-0.2, 0) is 6.42 Å². The van der Waals surface area contributed by atoms with E-state index in [1.165, 1.54) is 6.07 Å². The number of piperazine rings is 1. The second-order valence-electron chi connectivity index (χ2n) is 7.73. The minimum atomic E-state index is -0.328. The van der Waals surface area contributed by atoms with Gasteiger partial charge in [-0.2, -0.15) is 0 Å². The maximum atomic E-state index is 14.0. The standard InChI is InChI=1S/C24H27FN2O4/c1-16-18(24(28)31-22-15-17(29-2)14-21(30-3)23(16)22)8-9-26-10-12-27(13-11-26)20-7-5-4-6-19(20)25/h4-7,14-15H,8-13H2,1-3H3. The molecule has 1 aliphatic rings. The zero-order valence-corrected chi connectivity index (χ0v) is 18.1. The molecule has 0 atom stereocenters. The molecule has 1 aliphatic heterocycles. The topological polar surface area (TPSA) is 55.2 Å². The van der Waals surface area contributed by atoms with Crippen LogP contribution < -0.4 is 20.0 Å². The quantitative estimate of drug-likeness (QED) is 0.561. The predicted octanol–water partition coefficient (Wildman–Crippen LogP) is 3.62. The fourth-order valence-corrected chi connectivity index (χ4v) is 4.24. The maximum Gasteiger partial charge on any atom is 0.339 e. The summed E-state index contributed by atoms with van der Waals surface area (Å²) in [5.41, 5.74) is 2.31. The molecular formula is C24H27FN2O4. The van der Waals surface area contributed by atoms with Crippen molar-refractivity contribution >= 4 is 16.7 Å². The van der Waals surface area contributed by atoms with Gasteiger partial charge in [0.1, 0.15) is 22.9 Å². The maximum absolute atomic E-state index is 14.0. The highest BCUT2D eigenvalue weighted by Crippen LogP contribution is 2.33. The number of aryl methyl sites for hydroxylation is 1. The van der Waals surface area contributed by atoms with Crippen molar-refractivity contribution in [3.8, 4) is 11.5 Å². The molecule has 2 aromatic carbocycles. The van der Waals surface area contributed by atoms with E-state index in [-0.39, 0.29) is 11.4 Å². The van der Waals surface area contributed by atoms with Crippen LogP contribution in [-0.4, -0.2) is 51.8 Å². The Morgan fingerprint density at radius 1 is 1.06 bits per heavy atom. The second kappa shape index (κ2) is 8.98. The molecule has 3 aromatic rings. The lowest BCUT2D eigenvalue weighted by Gasteiger charge is -2.36. The van der Waals surface area contributed by atoms with Crippen LogP contribution >= 0.6 is 0 Å². The summed E-state index contributed by atoms with van der Waals surface area (Å²) in [6.07, 6.45) is 0.582. The molecule has 0 radical (unpaired) electrons. The fourth-order valence-electron chi connectivity index (χ4n) is 4.24. The van der Waals surface area contributed by atoms with Gasteiger partial charge in [0, 0.05) is 50.4 Å². The van der Waals surface area contributed by atoms with Gasteiger partial charge in [-0.05, 0) is 31.0 Å². The lowest BCUT2D eigenvalue weighted by atomic mass is 10.0. The van der Waals surface area contributed by atoms with Gasteiger partial charge in [0.15, 0.2) is 0 Å². The van der Waals surface area contributed by atoms with Gasteiger partial charge in [0.05, 0.1) is 25.3 Å². The number of hydrogen-bond donors (Lipinski definition) is 0. The average molecular weight is 426 g/mol. The number of anilines is 1. The van der Waals surface area contributed by atoms with E-state index < -0.39 is 0 Å². The van der Waals surface area contributed by atoms with E-state index in [0.29, 0.717) is 34.8 Å². The first-order valence-corrected chi connectivity index (χ1v) is 10.4. The zero-order valence-electron chi connectivity index (χ0n) is 18.1. The first kappa shape index (κ1) is 21.2. The van der Waals surface area contributed by atoms with Gasteiger partial charge >= 0.3 is 5.63 Å². The van der Waals surface area contributed by atoms with Gasteiger partial charge in [-0.25, -0.2) is 9.18 Å². The molecule has 0 bridgehead atoms. The summed E-state index contributed by atoms with van der Waals surface area (Å²) in [4.78, 5) is 17.1. The molecule has 0 spiro atoms. The molecule has 1 saturated heterocycles. The average Bonchev–Trinajstić information content (AvgIpc) is 2.78. The number of ether oxygens (including phenoxy) is 2. The van der Waals surface area contributed by atoms with Gasteiger partial charge in [0.25, 0.3) is 0 Å². The number of halogens is 1. The third kappa shape index (κ3) is 4.23. The Kier molecular flexibility index (Phi) is 6.13. The van der Waals surface area contributed by atoms with Crippen LogP contribution in [0, 0.1) is 12.7 Å². The zero-order chi connectivity index (χ0) is 22.0. The van der Waals surface area contributed by atoms with Crippen LogP contribution in [0.25, 0.3) is 11.0 Å². The molecule has 1 fully saturated rings. The van der Waals surface area contributed by atoms with Crippen molar-refractivity contribution < 1.29 is 18.3 Å². The van der Waals surface area contributed by atoms with Crippen molar-refractivity contribution in [2.24, 2.45) is 0 Å². The Morgan fingerprint density at radius 2 is 1.81 bits per heavy atom. The lowest BCUT2D eigenvalue weighted by Crippen LogP contribution is -2.47. The summed E-state index contributed by atoms with van der Waals surface area (Å²) in [7, 11) is 3.15. The molecule has 31 heavy (non-hydrogen) atoms. The van der Waals surface area contributed by atoms with Crippen molar-refractivity contribution in [1.29, 1.82) is 0 Å². The molecule has 0 saturated carbocycles. The third-order valence-corrected chi connectivity index (χ3v) is 6.02. The van der Waals surface area contributed by atoms with Crippen LogP contribution in [0.15, 0.2) is 45.6 Å². The molecule has 4 rings (SSSR count). The Labute approximate surface area is 180 Å². The monoisotopic (exact) mass is 426 g/mol. The predicted molar refractivity (Wildman–Crippen MR) is 119 cm³/mol. The molecule has 0 aliphatic carbocycles. The molecule has 0 unspecified atom stereocenters. The largest absolute Gasteiger partial charge is 0.496 e.